The minimum Gasteiger partial charge on any atom is -0.382 e. The average Bonchev–Trinajstić information content (AvgIpc) is 2.37. The molecule has 0 saturated heterocycles. The fraction of sp³-hybridized carbons (Fsp3) is 0.625. The number of benzene rings is 1. The summed E-state index contributed by atoms with van der Waals surface area (Å²) >= 11 is 0. The molecule has 1 aromatic carbocycles. The highest BCUT2D eigenvalue weighted by Gasteiger charge is 2.05. The minimum absolute atomic E-state index is 0.127. The van der Waals surface area contributed by atoms with Gasteiger partial charge in [-0.05, 0) is 30.5 Å². The van der Waals surface area contributed by atoms with Crippen LogP contribution in [0.15, 0.2) is 24.3 Å². The SMILES string of the molecule is COCC(C)OCc1ccccc1CNCC(C)C. The summed E-state index contributed by atoms with van der Waals surface area (Å²) in [6, 6.07) is 8.43. The Kier molecular flexibility index (Phi) is 7.72. The van der Waals surface area contributed by atoms with Crippen molar-refractivity contribution < 1.29 is 9.47 Å². The second kappa shape index (κ2) is 9.08. The lowest BCUT2D eigenvalue weighted by atomic mass is 10.1. The van der Waals surface area contributed by atoms with E-state index in [1.54, 1.807) is 7.11 Å². The maximum atomic E-state index is 5.78. The highest BCUT2D eigenvalue weighted by atomic mass is 16.5. The Morgan fingerprint density at radius 1 is 1.11 bits per heavy atom. The van der Waals surface area contributed by atoms with Gasteiger partial charge in [0.1, 0.15) is 0 Å². The molecule has 108 valence electrons. The van der Waals surface area contributed by atoms with Crippen LogP contribution in [0.4, 0.5) is 0 Å². The van der Waals surface area contributed by atoms with Gasteiger partial charge in [-0.1, -0.05) is 38.1 Å². The van der Waals surface area contributed by atoms with Crippen LogP contribution in [-0.2, 0) is 22.6 Å². The van der Waals surface area contributed by atoms with E-state index in [1.165, 1.54) is 11.1 Å². The van der Waals surface area contributed by atoms with E-state index in [9.17, 15) is 0 Å². The molecule has 19 heavy (non-hydrogen) atoms. The number of hydrogen-bond acceptors (Lipinski definition) is 3. The molecule has 1 atom stereocenters. The highest BCUT2D eigenvalue weighted by Crippen LogP contribution is 2.11. The molecule has 0 aliphatic carbocycles. The number of rotatable bonds is 9. The zero-order chi connectivity index (χ0) is 14.1. The smallest absolute Gasteiger partial charge is 0.0784 e. The molecule has 3 nitrogen and oxygen atoms in total. The van der Waals surface area contributed by atoms with Gasteiger partial charge in [0.15, 0.2) is 0 Å². The topological polar surface area (TPSA) is 30.5 Å². The quantitative estimate of drug-likeness (QED) is 0.744. The predicted octanol–water partition coefficient (Wildman–Crippen LogP) is 2.98. The summed E-state index contributed by atoms with van der Waals surface area (Å²) in [6.07, 6.45) is 0.127. The van der Waals surface area contributed by atoms with E-state index in [0.717, 1.165) is 13.1 Å². The predicted molar refractivity (Wildman–Crippen MR) is 79.1 cm³/mol. The van der Waals surface area contributed by atoms with Crippen molar-refractivity contribution in [1.29, 1.82) is 0 Å². The van der Waals surface area contributed by atoms with Gasteiger partial charge in [-0.15, -0.1) is 0 Å². The molecular formula is C16H27NO2. The van der Waals surface area contributed by atoms with E-state index in [-0.39, 0.29) is 6.10 Å². The lowest BCUT2D eigenvalue weighted by molar-refractivity contribution is -0.000393. The normalized spacial score (nSPS) is 12.9. The van der Waals surface area contributed by atoms with Gasteiger partial charge in [0, 0.05) is 13.7 Å². The standard InChI is InChI=1S/C16H27NO2/c1-13(2)9-17-10-15-7-5-6-8-16(15)12-19-14(3)11-18-4/h5-8,13-14,17H,9-12H2,1-4H3. The Morgan fingerprint density at radius 2 is 1.79 bits per heavy atom. The molecule has 0 aromatic heterocycles. The Balaban J connectivity index is 2.48. The van der Waals surface area contributed by atoms with Crippen LogP contribution < -0.4 is 5.32 Å². The van der Waals surface area contributed by atoms with E-state index >= 15 is 0 Å². The van der Waals surface area contributed by atoms with Crippen LogP contribution in [0.3, 0.4) is 0 Å². The first-order valence-electron chi connectivity index (χ1n) is 7.01. The number of ether oxygens (including phenoxy) is 2. The summed E-state index contributed by atoms with van der Waals surface area (Å²) < 4.78 is 10.9. The zero-order valence-electron chi connectivity index (χ0n) is 12.6. The van der Waals surface area contributed by atoms with Gasteiger partial charge in [0.2, 0.25) is 0 Å². The van der Waals surface area contributed by atoms with Crippen molar-refractivity contribution >= 4 is 0 Å². The van der Waals surface area contributed by atoms with Crippen molar-refractivity contribution in [2.24, 2.45) is 5.92 Å². The minimum atomic E-state index is 0.127. The zero-order valence-corrected chi connectivity index (χ0v) is 12.6. The molecule has 1 aromatic rings. The molecule has 1 rings (SSSR count). The summed E-state index contributed by atoms with van der Waals surface area (Å²) in [5, 5.41) is 3.47. The first kappa shape index (κ1) is 16.2. The van der Waals surface area contributed by atoms with Gasteiger partial charge in [-0.3, -0.25) is 0 Å². The maximum Gasteiger partial charge on any atom is 0.0784 e. The Morgan fingerprint density at radius 3 is 2.42 bits per heavy atom. The van der Waals surface area contributed by atoms with Crippen LogP contribution in [0.2, 0.25) is 0 Å². The third-order valence-electron chi connectivity index (χ3n) is 2.91. The molecular weight excluding hydrogens is 238 g/mol. The Bertz CT molecular complexity index is 352. The van der Waals surface area contributed by atoms with Crippen LogP contribution >= 0.6 is 0 Å². The fourth-order valence-corrected chi connectivity index (χ4v) is 1.88. The summed E-state index contributed by atoms with van der Waals surface area (Å²) in [5.41, 5.74) is 2.56. The van der Waals surface area contributed by atoms with E-state index < -0.39 is 0 Å². The fourth-order valence-electron chi connectivity index (χ4n) is 1.88. The molecule has 3 heteroatoms. The van der Waals surface area contributed by atoms with Gasteiger partial charge < -0.3 is 14.8 Å². The van der Waals surface area contributed by atoms with Crippen LogP contribution in [0.1, 0.15) is 31.9 Å². The summed E-state index contributed by atoms with van der Waals surface area (Å²) in [7, 11) is 1.70. The molecule has 0 spiro atoms. The Hall–Kier alpha value is -0.900. The molecule has 0 fully saturated rings. The first-order chi connectivity index (χ1) is 9.13. The Labute approximate surface area is 117 Å². The van der Waals surface area contributed by atoms with Crippen molar-refractivity contribution in [2.75, 3.05) is 20.3 Å². The number of methoxy groups -OCH3 is 1. The number of hydrogen-bond donors (Lipinski definition) is 1. The van der Waals surface area contributed by atoms with Gasteiger partial charge in [-0.25, -0.2) is 0 Å². The monoisotopic (exact) mass is 265 g/mol. The van der Waals surface area contributed by atoms with Gasteiger partial charge in [0.25, 0.3) is 0 Å². The van der Waals surface area contributed by atoms with Crippen LogP contribution in [0.5, 0.6) is 0 Å². The van der Waals surface area contributed by atoms with Gasteiger partial charge in [-0.2, -0.15) is 0 Å². The molecule has 0 amide bonds. The van der Waals surface area contributed by atoms with E-state index in [0.29, 0.717) is 19.1 Å². The molecule has 0 aliphatic heterocycles. The maximum absolute atomic E-state index is 5.78. The van der Waals surface area contributed by atoms with E-state index in [1.807, 2.05) is 6.92 Å². The first-order valence-corrected chi connectivity index (χ1v) is 7.01. The van der Waals surface area contributed by atoms with Crippen molar-refractivity contribution in [3.63, 3.8) is 0 Å². The van der Waals surface area contributed by atoms with E-state index in [2.05, 4.69) is 43.4 Å². The van der Waals surface area contributed by atoms with Crippen LogP contribution in [-0.4, -0.2) is 26.4 Å². The van der Waals surface area contributed by atoms with Crippen molar-refractivity contribution in [3.05, 3.63) is 35.4 Å². The molecule has 0 aliphatic rings. The summed E-state index contributed by atoms with van der Waals surface area (Å²) in [4.78, 5) is 0. The molecule has 1 N–H and O–H groups in total. The summed E-state index contributed by atoms with van der Waals surface area (Å²) in [5.74, 6) is 0.671. The third kappa shape index (κ3) is 6.71. The van der Waals surface area contributed by atoms with Crippen molar-refractivity contribution in [3.8, 4) is 0 Å². The lowest BCUT2D eigenvalue weighted by Gasteiger charge is -2.15. The number of nitrogens with one attached hydrogen (secondary N) is 1. The lowest BCUT2D eigenvalue weighted by Crippen LogP contribution is -2.20. The van der Waals surface area contributed by atoms with Crippen molar-refractivity contribution in [2.45, 2.75) is 40.0 Å². The molecule has 1 unspecified atom stereocenters. The molecule has 0 radical (unpaired) electrons. The summed E-state index contributed by atoms with van der Waals surface area (Å²) in [6.45, 7) is 9.68. The van der Waals surface area contributed by atoms with Gasteiger partial charge >= 0.3 is 0 Å². The van der Waals surface area contributed by atoms with Crippen LogP contribution in [0.25, 0.3) is 0 Å². The second-order valence-corrected chi connectivity index (χ2v) is 5.37. The second-order valence-electron chi connectivity index (χ2n) is 5.37. The largest absolute Gasteiger partial charge is 0.382 e. The third-order valence-corrected chi connectivity index (χ3v) is 2.91. The molecule has 0 heterocycles. The van der Waals surface area contributed by atoms with Gasteiger partial charge in [0.05, 0.1) is 19.3 Å². The van der Waals surface area contributed by atoms with Crippen LogP contribution in [0, 0.1) is 5.92 Å². The molecule has 0 saturated carbocycles. The average molecular weight is 265 g/mol. The highest BCUT2D eigenvalue weighted by molar-refractivity contribution is 5.26. The van der Waals surface area contributed by atoms with Crippen molar-refractivity contribution in [1.82, 2.24) is 5.32 Å². The van der Waals surface area contributed by atoms with E-state index in [4.69, 9.17) is 9.47 Å². The molecule has 0 bridgehead atoms.